The summed E-state index contributed by atoms with van der Waals surface area (Å²) in [6.45, 7) is 12.3. The maximum Gasteiger partial charge on any atom is 0.219 e. The highest BCUT2D eigenvalue weighted by atomic mass is 16.5. The first-order valence-corrected chi connectivity index (χ1v) is 6.25. The minimum Gasteiger partial charge on any atom is -0.381 e. The molecule has 3 nitrogen and oxygen atoms in total. The van der Waals surface area contributed by atoms with Crippen molar-refractivity contribution in [3.8, 4) is 0 Å². The van der Waals surface area contributed by atoms with Gasteiger partial charge in [-0.1, -0.05) is 13.3 Å². The minimum atomic E-state index is -0.0880. The second-order valence-corrected chi connectivity index (χ2v) is 5.16. The molecule has 0 aliphatic carbocycles. The van der Waals surface area contributed by atoms with Crippen LogP contribution in [-0.2, 0) is 9.53 Å². The van der Waals surface area contributed by atoms with Gasteiger partial charge >= 0.3 is 0 Å². The Balaban J connectivity index is 3.75. The van der Waals surface area contributed by atoms with Gasteiger partial charge in [0, 0.05) is 32.2 Å². The molecule has 0 heterocycles. The van der Waals surface area contributed by atoms with Crippen molar-refractivity contribution in [2.45, 2.75) is 59.4 Å². The van der Waals surface area contributed by atoms with Crippen LogP contribution in [0.5, 0.6) is 0 Å². The molecule has 0 aliphatic heterocycles. The van der Waals surface area contributed by atoms with E-state index < -0.39 is 0 Å². The zero-order valence-corrected chi connectivity index (χ0v) is 11.5. The number of nitrogens with zero attached hydrogens (tertiary/aromatic N) is 1. The Morgan fingerprint density at radius 2 is 1.75 bits per heavy atom. The number of carbonyl (C=O) groups is 1. The molecule has 0 aromatic rings. The number of hydrogen-bond acceptors (Lipinski definition) is 2. The monoisotopic (exact) mass is 229 g/mol. The van der Waals surface area contributed by atoms with Gasteiger partial charge in [-0.05, 0) is 33.6 Å². The molecule has 0 radical (unpaired) electrons. The first kappa shape index (κ1) is 15.4. The number of ether oxygens (including phenoxy) is 1. The number of rotatable bonds is 7. The largest absolute Gasteiger partial charge is 0.381 e. The van der Waals surface area contributed by atoms with E-state index in [1.165, 1.54) is 6.42 Å². The van der Waals surface area contributed by atoms with Crippen molar-refractivity contribution >= 4 is 5.91 Å². The number of unbranched alkanes of at least 4 members (excludes halogenated alkanes) is 1. The van der Waals surface area contributed by atoms with E-state index in [0.717, 1.165) is 32.6 Å². The highest BCUT2D eigenvalue weighted by molar-refractivity contribution is 5.74. The van der Waals surface area contributed by atoms with Crippen LogP contribution in [0.15, 0.2) is 0 Å². The third-order valence-electron chi connectivity index (χ3n) is 2.50. The molecule has 0 bridgehead atoms. The molecule has 0 aliphatic rings. The van der Waals surface area contributed by atoms with E-state index in [1.54, 1.807) is 6.92 Å². The van der Waals surface area contributed by atoms with Crippen LogP contribution in [0.4, 0.5) is 0 Å². The van der Waals surface area contributed by atoms with E-state index >= 15 is 0 Å². The van der Waals surface area contributed by atoms with E-state index in [-0.39, 0.29) is 11.4 Å². The van der Waals surface area contributed by atoms with E-state index in [0.29, 0.717) is 0 Å². The number of hydrogen-bond donors (Lipinski definition) is 0. The Labute approximate surface area is 100 Å². The molecule has 0 N–H and O–H groups in total. The van der Waals surface area contributed by atoms with E-state index in [2.05, 4.69) is 27.7 Å². The Kier molecular flexibility index (Phi) is 7.39. The van der Waals surface area contributed by atoms with Gasteiger partial charge < -0.3 is 9.64 Å². The van der Waals surface area contributed by atoms with Gasteiger partial charge in [-0.3, -0.25) is 4.79 Å². The summed E-state index contributed by atoms with van der Waals surface area (Å²) in [6.07, 6.45) is 3.21. The Hall–Kier alpha value is -0.570. The third-order valence-corrected chi connectivity index (χ3v) is 2.50. The van der Waals surface area contributed by atoms with Crippen LogP contribution in [0.1, 0.15) is 53.9 Å². The standard InChI is InChI=1S/C13H27NO2/c1-6-7-10-16-11-8-9-14(12(2)15)13(3,4)5/h6-11H2,1-5H3. The summed E-state index contributed by atoms with van der Waals surface area (Å²) in [6, 6.07) is 0. The molecule has 0 rings (SSSR count). The maximum absolute atomic E-state index is 11.4. The summed E-state index contributed by atoms with van der Waals surface area (Å²) < 4.78 is 5.48. The van der Waals surface area contributed by atoms with E-state index in [4.69, 9.17) is 4.74 Å². The van der Waals surface area contributed by atoms with E-state index in [1.807, 2.05) is 4.90 Å². The van der Waals surface area contributed by atoms with Crippen LogP contribution in [0.2, 0.25) is 0 Å². The summed E-state index contributed by atoms with van der Waals surface area (Å²) in [5.41, 5.74) is -0.0880. The van der Waals surface area contributed by atoms with Crippen molar-refractivity contribution in [1.82, 2.24) is 4.90 Å². The van der Waals surface area contributed by atoms with Gasteiger partial charge in [0.1, 0.15) is 0 Å². The Morgan fingerprint density at radius 3 is 2.19 bits per heavy atom. The summed E-state index contributed by atoms with van der Waals surface area (Å²) in [4.78, 5) is 13.3. The predicted molar refractivity (Wildman–Crippen MR) is 67.5 cm³/mol. The lowest BCUT2D eigenvalue weighted by molar-refractivity contribution is -0.133. The molecule has 0 saturated carbocycles. The van der Waals surface area contributed by atoms with Crippen molar-refractivity contribution in [3.63, 3.8) is 0 Å². The minimum absolute atomic E-state index is 0.0880. The second-order valence-electron chi connectivity index (χ2n) is 5.16. The van der Waals surface area contributed by atoms with Gasteiger partial charge in [-0.2, -0.15) is 0 Å². The number of amides is 1. The summed E-state index contributed by atoms with van der Waals surface area (Å²) in [5, 5.41) is 0. The lowest BCUT2D eigenvalue weighted by atomic mass is 10.1. The zero-order chi connectivity index (χ0) is 12.6. The SMILES string of the molecule is CCCCOCCCN(C(C)=O)C(C)(C)C. The Bertz CT molecular complexity index is 197. The average Bonchev–Trinajstić information content (AvgIpc) is 2.13. The molecule has 0 aromatic heterocycles. The molecule has 96 valence electrons. The lowest BCUT2D eigenvalue weighted by Crippen LogP contribution is -2.45. The van der Waals surface area contributed by atoms with E-state index in [9.17, 15) is 4.79 Å². The second kappa shape index (κ2) is 7.66. The molecule has 16 heavy (non-hydrogen) atoms. The molecule has 0 aromatic carbocycles. The lowest BCUT2D eigenvalue weighted by Gasteiger charge is -2.35. The fraction of sp³-hybridized carbons (Fsp3) is 0.923. The average molecular weight is 229 g/mol. The van der Waals surface area contributed by atoms with Crippen molar-refractivity contribution < 1.29 is 9.53 Å². The van der Waals surface area contributed by atoms with Gasteiger partial charge in [0.2, 0.25) is 5.91 Å². The zero-order valence-electron chi connectivity index (χ0n) is 11.5. The van der Waals surface area contributed by atoms with Crippen molar-refractivity contribution in [3.05, 3.63) is 0 Å². The quantitative estimate of drug-likeness (QED) is 0.628. The van der Waals surface area contributed by atoms with Crippen LogP contribution in [0.3, 0.4) is 0 Å². The van der Waals surface area contributed by atoms with Crippen molar-refractivity contribution in [2.75, 3.05) is 19.8 Å². The molecule has 0 saturated heterocycles. The summed E-state index contributed by atoms with van der Waals surface area (Å²) in [7, 11) is 0. The van der Waals surface area contributed by atoms with Gasteiger partial charge in [-0.15, -0.1) is 0 Å². The highest BCUT2D eigenvalue weighted by Crippen LogP contribution is 2.13. The van der Waals surface area contributed by atoms with Crippen molar-refractivity contribution in [2.24, 2.45) is 0 Å². The van der Waals surface area contributed by atoms with Crippen LogP contribution >= 0.6 is 0 Å². The topological polar surface area (TPSA) is 29.5 Å². The van der Waals surface area contributed by atoms with Crippen molar-refractivity contribution in [1.29, 1.82) is 0 Å². The van der Waals surface area contributed by atoms with Gasteiger partial charge in [0.15, 0.2) is 0 Å². The molecule has 3 heteroatoms. The predicted octanol–water partition coefficient (Wildman–Crippen LogP) is 2.84. The molecule has 0 spiro atoms. The first-order valence-electron chi connectivity index (χ1n) is 6.25. The molecular weight excluding hydrogens is 202 g/mol. The van der Waals surface area contributed by atoms with Crippen LogP contribution in [0, 0.1) is 0 Å². The first-order chi connectivity index (χ1) is 7.39. The van der Waals surface area contributed by atoms with Gasteiger partial charge in [-0.25, -0.2) is 0 Å². The molecule has 0 atom stereocenters. The van der Waals surface area contributed by atoms with Gasteiger partial charge in [0.25, 0.3) is 0 Å². The molecule has 0 fully saturated rings. The normalized spacial score (nSPS) is 11.6. The third kappa shape index (κ3) is 6.83. The maximum atomic E-state index is 11.4. The summed E-state index contributed by atoms with van der Waals surface area (Å²) >= 11 is 0. The fourth-order valence-corrected chi connectivity index (χ4v) is 1.64. The fourth-order valence-electron chi connectivity index (χ4n) is 1.64. The molecule has 1 amide bonds. The Morgan fingerprint density at radius 1 is 1.19 bits per heavy atom. The molecule has 0 unspecified atom stereocenters. The molecular formula is C13H27NO2. The smallest absolute Gasteiger partial charge is 0.219 e. The summed E-state index contributed by atoms with van der Waals surface area (Å²) in [5.74, 6) is 0.140. The van der Waals surface area contributed by atoms with Crippen LogP contribution in [-0.4, -0.2) is 36.1 Å². The van der Waals surface area contributed by atoms with Gasteiger partial charge in [0.05, 0.1) is 0 Å². The number of carbonyl (C=O) groups excluding carboxylic acids is 1. The van der Waals surface area contributed by atoms with Crippen LogP contribution in [0.25, 0.3) is 0 Å². The highest BCUT2D eigenvalue weighted by Gasteiger charge is 2.22. The van der Waals surface area contributed by atoms with Crippen LogP contribution < -0.4 is 0 Å².